The van der Waals surface area contributed by atoms with Crippen LogP contribution in [0.15, 0.2) is 18.2 Å². The fourth-order valence-electron chi connectivity index (χ4n) is 2.89. The summed E-state index contributed by atoms with van der Waals surface area (Å²) in [6, 6.07) is 5.76. The lowest BCUT2D eigenvalue weighted by Crippen LogP contribution is -2.32. The fraction of sp³-hybridized carbons (Fsp3) is 0.588. The molecular formula is C17H25NO2. The Morgan fingerprint density at radius 3 is 2.35 bits per heavy atom. The molecule has 1 N–H and O–H groups in total. The zero-order chi connectivity index (χ0) is 14.9. The van der Waals surface area contributed by atoms with Gasteiger partial charge in [-0.1, -0.05) is 39.0 Å². The summed E-state index contributed by atoms with van der Waals surface area (Å²) < 4.78 is 0. The van der Waals surface area contributed by atoms with Crippen LogP contribution in [0, 0.1) is 6.92 Å². The van der Waals surface area contributed by atoms with Gasteiger partial charge < -0.3 is 5.11 Å². The van der Waals surface area contributed by atoms with Crippen molar-refractivity contribution in [1.29, 1.82) is 0 Å². The van der Waals surface area contributed by atoms with Gasteiger partial charge in [-0.25, -0.2) is 0 Å². The molecule has 0 spiro atoms. The van der Waals surface area contributed by atoms with Crippen molar-refractivity contribution in [3.05, 3.63) is 34.9 Å². The summed E-state index contributed by atoms with van der Waals surface area (Å²) in [7, 11) is 0. The normalized spacial score (nSPS) is 18.2. The molecule has 0 aliphatic carbocycles. The summed E-state index contributed by atoms with van der Waals surface area (Å²) in [5, 5.41) is 9.66. The number of carboxylic acids is 1. The summed E-state index contributed by atoms with van der Waals surface area (Å²) in [6.07, 6.45) is 2.20. The first-order valence-electron chi connectivity index (χ1n) is 7.38. The number of likely N-dealkylation sites (tertiary alicyclic amines) is 1. The van der Waals surface area contributed by atoms with E-state index in [0.717, 1.165) is 37.1 Å². The van der Waals surface area contributed by atoms with Gasteiger partial charge in [0, 0.05) is 0 Å². The predicted molar refractivity (Wildman–Crippen MR) is 81.1 cm³/mol. The standard InChI is InChI=1S/C17H25NO2/c1-12-7-8-13(17(2,3)4)11-14(12)15(16(19)20)18-9-5-6-10-18/h7-8,11,15H,5-6,9-10H2,1-4H3,(H,19,20). The number of carbonyl (C=O) groups is 1. The summed E-state index contributed by atoms with van der Waals surface area (Å²) in [4.78, 5) is 13.9. The van der Waals surface area contributed by atoms with Crippen LogP contribution >= 0.6 is 0 Å². The molecule has 20 heavy (non-hydrogen) atoms. The van der Waals surface area contributed by atoms with Crippen molar-refractivity contribution in [3.63, 3.8) is 0 Å². The Morgan fingerprint density at radius 2 is 1.85 bits per heavy atom. The lowest BCUT2D eigenvalue weighted by Gasteiger charge is -2.28. The van der Waals surface area contributed by atoms with E-state index in [9.17, 15) is 9.90 Å². The highest BCUT2D eigenvalue weighted by Gasteiger charge is 2.31. The van der Waals surface area contributed by atoms with E-state index < -0.39 is 12.0 Å². The highest BCUT2D eigenvalue weighted by molar-refractivity contribution is 5.76. The first kappa shape index (κ1) is 15.0. The molecule has 1 aromatic carbocycles. The molecule has 1 saturated heterocycles. The maximum absolute atomic E-state index is 11.8. The number of hydrogen-bond donors (Lipinski definition) is 1. The second-order valence-electron chi connectivity index (χ2n) is 6.81. The van der Waals surface area contributed by atoms with E-state index in [2.05, 4.69) is 43.9 Å². The van der Waals surface area contributed by atoms with Crippen LogP contribution in [-0.4, -0.2) is 29.1 Å². The second-order valence-corrected chi connectivity index (χ2v) is 6.81. The van der Waals surface area contributed by atoms with Gasteiger partial charge >= 0.3 is 5.97 Å². The highest BCUT2D eigenvalue weighted by atomic mass is 16.4. The summed E-state index contributed by atoms with van der Waals surface area (Å²) in [5.41, 5.74) is 3.25. The topological polar surface area (TPSA) is 40.5 Å². The number of aryl methyl sites for hydroxylation is 1. The van der Waals surface area contributed by atoms with Gasteiger partial charge in [0.15, 0.2) is 0 Å². The maximum Gasteiger partial charge on any atom is 0.325 e. The Kier molecular flexibility index (Phi) is 4.19. The number of benzene rings is 1. The number of carboxylic acid groups (broad SMARTS) is 1. The third-order valence-electron chi connectivity index (χ3n) is 4.18. The Labute approximate surface area is 121 Å². The Hall–Kier alpha value is -1.35. The van der Waals surface area contributed by atoms with Gasteiger partial charge in [0.1, 0.15) is 6.04 Å². The van der Waals surface area contributed by atoms with Crippen molar-refractivity contribution >= 4 is 5.97 Å². The lowest BCUT2D eigenvalue weighted by atomic mass is 9.84. The Morgan fingerprint density at radius 1 is 1.25 bits per heavy atom. The molecular weight excluding hydrogens is 250 g/mol. The van der Waals surface area contributed by atoms with E-state index >= 15 is 0 Å². The molecule has 1 aromatic rings. The molecule has 3 nitrogen and oxygen atoms in total. The van der Waals surface area contributed by atoms with Gasteiger partial charge in [-0.2, -0.15) is 0 Å². The van der Waals surface area contributed by atoms with E-state index in [1.54, 1.807) is 0 Å². The van der Waals surface area contributed by atoms with Crippen molar-refractivity contribution < 1.29 is 9.90 Å². The second kappa shape index (κ2) is 5.57. The minimum atomic E-state index is -0.735. The predicted octanol–water partition coefficient (Wildman–Crippen LogP) is 3.51. The summed E-state index contributed by atoms with van der Waals surface area (Å²) in [6.45, 7) is 10.3. The average Bonchev–Trinajstić information content (AvgIpc) is 2.83. The molecule has 1 aliphatic heterocycles. The molecule has 1 atom stereocenters. The van der Waals surface area contributed by atoms with Gasteiger partial charge in [0.2, 0.25) is 0 Å². The quantitative estimate of drug-likeness (QED) is 0.917. The van der Waals surface area contributed by atoms with Gasteiger partial charge in [0.05, 0.1) is 0 Å². The van der Waals surface area contributed by atoms with Crippen LogP contribution in [0.5, 0.6) is 0 Å². The minimum Gasteiger partial charge on any atom is -0.480 e. The molecule has 0 bridgehead atoms. The third-order valence-corrected chi connectivity index (χ3v) is 4.18. The third kappa shape index (κ3) is 3.04. The van der Waals surface area contributed by atoms with Crippen LogP contribution in [0.25, 0.3) is 0 Å². The van der Waals surface area contributed by atoms with Crippen LogP contribution in [0.3, 0.4) is 0 Å². The van der Waals surface area contributed by atoms with Crippen molar-refractivity contribution in [2.24, 2.45) is 0 Å². The van der Waals surface area contributed by atoms with Gasteiger partial charge in [-0.3, -0.25) is 9.69 Å². The maximum atomic E-state index is 11.8. The van der Waals surface area contributed by atoms with Crippen molar-refractivity contribution in [3.8, 4) is 0 Å². The van der Waals surface area contributed by atoms with Gasteiger partial charge in [-0.05, 0) is 55.0 Å². The largest absolute Gasteiger partial charge is 0.480 e. The van der Waals surface area contributed by atoms with Crippen LogP contribution < -0.4 is 0 Å². The lowest BCUT2D eigenvalue weighted by molar-refractivity contribution is -0.143. The molecule has 2 rings (SSSR count). The number of aliphatic carboxylic acids is 1. The average molecular weight is 275 g/mol. The number of hydrogen-bond acceptors (Lipinski definition) is 2. The van der Waals surface area contributed by atoms with Crippen LogP contribution in [-0.2, 0) is 10.2 Å². The van der Waals surface area contributed by atoms with E-state index in [-0.39, 0.29) is 5.41 Å². The van der Waals surface area contributed by atoms with E-state index in [1.165, 1.54) is 5.56 Å². The smallest absolute Gasteiger partial charge is 0.325 e. The Bertz CT molecular complexity index is 496. The van der Waals surface area contributed by atoms with E-state index in [4.69, 9.17) is 0 Å². The molecule has 110 valence electrons. The van der Waals surface area contributed by atoms with Crippen LogP contribution in [0.1, 0.15) is 56.3 Å². The summed E-state index contributed by atoms with van der Waals surface area (Å²) in [5.74, 6) is -0.735. The van der Waals surface area contributed by atoms with Gasteiger partial charge in [-0.15, -0.1) is 0 Å². The molecule has 3 heteroatoms. The molecule has 1 aliphatic rings. The molecule has 1 heterocycles. The SMILES string of the molecule is Cc1ccc(C(C)(C)C)cc1C(C(=O)O)N1CCCC1. The molecule has 1 unspecified atom stereocenters. The van der Waals surface area contributed by atoms with Crippen LogP contribution in [0.4, 0.5) is 0 Å². The number of rotatable bonds is 3. The molecule has 1 fully saturated rings. The van der Waals surface area contributed by atoms with E-state index in [0.29, 0.717) is 0 Å². The summed E-state index contributed by atoms with van der Waals surface area (Å²) >= 11 is 0. The zero-order valence-corrected chi connectivity index (χ0v) is 12.9. The molecule has 0 radical (unpaired) electrons. The van der Waals surface area contributed by atoms with Gasteiger partial charge in [0.25, 0.3) is 0 Å². The molecule has 0 saturated carbocycles. The van der Waals surface area contributed by atoms with Crippen molar-refractivity contribution in [2.45, 2.75) is 52.0 Å². The van der Waals surface area contributed by atoms with Crippen molar-refractivity contribution in [1.82, 2.24) is 4.90 Å². The monoisotopic (exact) mass is 275 g/mol. The Balaban J connectivity index is 2.44. The zero-order valence-electron chi connectivity index (χ0n) is 12.9. The highest BCUT2D eigenvalue weighted by Crippen LogP contribution is 2.31. The minimum absolute atomic E-state index is 0.0382. The number of nitrogens with zero attached hydrogens (tertiary/aromatic N) is 1. The molecule has 0 amide bonds. The first-order chi connectivity index (χ1) is 9.30. The van der Waals surface area contributed by atoms with Crippen molar-refractivity contribution in [2.75, 3.05) is 13.1 Å². The van der Waals surface area contributed by atoms with E-state index in [1.807, 2.05) is 6.92 Å². The fourth-order valence-corrected chi connectivity index (χ4v) is 2.89. The van der Waals surface area contributed by atoms with Crippen LogP contribution in [0.2, 0.25) is 0 Å². The first-order valence-corrected chi connectivity index (χ1v) is 7.38. The molecule has 0 aromatic heterocycles.